The number of nitrogens with zero attached hydrogens (tertiary/aromatic N) is 3. The number of aryl methyl sites for hydroxylation is 1. The third kappa shape index (κ3) is 4.62. The number of halogens is 3. The van der Waals surface area contributed by atoms with Crippen molar-refractivity contribution in [2.24, 2.45) is 0 Å². The average Bonchev–Trinajstić information content (AvgIpc) is 2.84. The van der Waals surface area contributed by atoms with Gasteiger partial charge in [0.05, 0.1) is 0 Å². The first-order chi connectivity index (χ1) is 10.4. The van der Waals surface area contributed by atoms with Gasteiger partial charge in [0.25, 0.3) is 0 Å². The molecule has 0 amide bonds. The molecule has 4 nitrogen and oxygen atoms in total. The molecule has 0 N–H and O–H groups in total. The molecule has 0 spiro atoms. The van der Waals surface area contributed by atoms with Crippen molar-refractivity contribution in [2.75, 3.05) is 19.7 Å². The molecule has 1 aliphatic rings. The van der Waals surface area contributed by atoms with Crippen LogP contribution in [-0.4, -0.2) is 40.9 Å². The second-order valence-electron chi connectivity index (χ2n) is 5.26. The Balaban J connectivity index is 1.97. The van der Waals surface area contributed by atoms with E-state index in [1.54, 1.807) is 13.1 Å². The number of aromatic nitrogens is 1. The number of hydrogen-bond donors (Lipinski definition) is 0. The van der Waals surface area contributed by atoms with Gasteiger partial charge in [-0.2, -0.15) is 13.2 Å². The highest BCUT2D eigenvalue weighted by Gasteiger charge is 2.29. The summed E-state index contributed by atoms with van der Waals surface area (Å²) in [4.78, 5) is 4.01. The van der Waals surface area contributed by atoms with Crippen LogP contribution in [0.5, 0.6) is 5.88 Å². The van der Waals surface area contributed by atoms with E-state index in [4.69, 9.17) is 4.74 Å². The van der Waals surface area contributed by atoms with Crippen molar-refractivity contribution in [3.05, 3.63) is 35.7 Å². The Bertz CT molecular complexity index is 531. The van der Waals surface area contributed by atoms with Crippen LogP contribution in [0.4, 0.5) is 13.2 Å². The van der Waals surface area contributed by atoms with Crippen molar-refractivity contribution in [1.29, 1.82) is 0 Å². The fourth-order valence-corrected chi connectivity index (χ4v) is 2.31. The predicted octanol–water partition coefficient (Wildman–Crippen LogP) is 3.29. The number of ether oxygens (including phenoxy) is 1. The van der Waals surface area contributed by atoms with Gasteiger partial charge >= 0.3 is 6.18 Å². The second-order valence-corrected chi connectivity index (χ2v) is 5.26. The molecule has 0 unspecified atom stereocenters. The summed E-state index contributed by atoms with van der Waals surface area (Å²) in [5.41, 5.74) is 1.55. The quantitative estimate of drug-likeness (QED) is 0.805. The van der Waals surface area contributed by atoms with E-state index in [0.29, 0.717) is 12.1 Å². The molecule has 0 aromatic carbocycles. The van der Waals surface area contributed by atoms with Crippen molar-refractivity contribution in [2.45, 2.75) is 33.0 Å². The minimum Gasteiger partial charge on any atom is -0.468 e. The van der Waals surface area contributed by atoms with Gasteiger partial charge in [-0.1, -0.05) is 13.0 Å². The molecule has 122 valence electrons. The fraction of sp³-hybridized carbons (Fsp3) is 0.533. The van der Waals surface area contributed by atoms with Crippen molar-refractivity contribution >= 4 is 0 Å². The molecular weight excluding hydrogens is 295 g/mol. The Labute approximate surface area is 128 Å². The summed E-state index contributed by atoms with van der Waals surface area (Å²) < 4.78 is 41.2. The topological polar surface area (TPSA) is 28.6 Å². The summed E-state index contributed by atoms with van der Waals surface area (Å²) in [5.74, 6) is 0.0334. The second kappa shape index (κ2) is 7.00. The molecule has 0 saturated heterocycles. The lowest BCUT2D eigenvalue weighted by atomic mass is 10.2. The molecule has 1 aromatic rings. The highest BCUT2D eigenvalue weighted by atomic mass is 19.4. The summed E-state index contributed by atoms with van der Waals surface area (Å²) in [6, 6.07) is 1.82. The van der Waals surface area contributed by atoms with Crippen LogP contribution >= 0.6 is 0 Å². The van der Waals surface area contributed by atoms with Crippen LogP contribution in [0.1, 0.15) is 24.5 Å². The monoisotopic (exact) mass is 315 g/mol. The normalized spacial score (nSPS) is 15.6. The van der Waals surface area contributed by atoms with Crippen LogP contribution in [-0.2, 0) is 6.54 Å². The molecule has 22 heavy (non-hydrogen) atoms. The zero-order chi connectivity index (χ0) is 16.2. The Morgan fingerprint density at radius 3 is 2.77 bits per heavy atom. The van der Waals surface area contributed by atoms with E-state index in [1.165, 1.54) is 0 Å². The van der Waals surface area contributed by atoms with Gasteiger partial charge < -0.3 is 9.75 Å². The first kappa shape index (κ1) is 16.6. The van der Waals surface area contributed by atoms with Crippen molar-refractivity contribution in [3.8, 4) is 5.88 Å². The number of hydrogen-bond acceptors (Lipinski definition) is 4. The molecule has 0 radical (unpaired) electrons. The zero-order valence-electron chi connectivity index (χ0n) is 12.7. The van der Waals surface area contributed by atoms with E-state index in [9.17, 15) is 13.2 Å². The summed E-state index contributed by atoms with van der Waals surface area (Å²) >= 11 is 0. The molecule has 0 bridgehead atoms. The number of alkyl halides is 3. The lowest BCUT2D eigenvalue weighted by Crippen LogP contribution is -2.35. The molecular formula is C15H20F3N3O. The maximum atomic E-state index is 12.2. The maximum Gasteiger partial charge on any atom is 0.422 e. The Morgan fingerprint density at radius 1 is 1.36 bits per heavy atom. The standard InChI is InChI=1S/C15H20F3N3O/c1-3-5-20-6-4-7-21(20)10-13-8-12(2)14(19-9-13)22-11-15(16,17)18/h4,6,8-9H,3,5,7,10-11H2,1-2H3. The van der Waals surface area contributed by atoms with E-state index in [-0.39, 0.29) is 5.88 Å². The zero-order valence-corrected chi connectivity index (χ0v) is 12.7. The van der Waals surface area contributed by atoms with Crippen LogP contribution in [0.3, 0.4) is 0 Å². The Morgan fingerprint density at radius 2 is 2.14 bits per heavy atom. The lowest BCUT2D eigenvalue weighted by Gasteiger charge is -2.28. The van der Waals surface area contributed by atoms with Gasteiger partial charge in [0, 0.05) is 37.6 Å². The summed E-state index contributed by atoms with van der Waals surface area (Å²) in [6.45, 7) is 4.93. The molecule has 0 fully saturated rings. The van der Waals surface area contributed by atoms with Gasteiger partial charge in [0.15, 0.2) is 6.61 Å². The van der Waals surface area contributed by atoms with E-state index in [2.05, 4.69) is 28.0 Å². The van der Waals surface area contributed by atoms with Crippen LogP contribution < -0.4 is 4.74 Å². The lowest BCUT2D eigenvalue weighted by molar-refractivity contribution is -0.154. The van der Waals surface area contributed by atoms with Gasteiger partial charge in [-0.05, 0) is 25.0 Å². The average molecular weight is 315 g/mol. The Kier molecular flexibility index (Phi) is 5.28. The van der Waals surface area contributed by atoms with E-state index in [1.807, 2.05) is 12.3 Å². The highest BCUT2D eigenvalue weighted by Crippen LogP contribution is 2.21. The van der Waals surface area contributed by atoms with Crippen LogP contribution in [0.15, 0.2) is 24.5 Å². The summed E-state index contributed by atoms with van der Waals surface area (Å²) in [7, 11) is 0. The van der Waals surface area contributed by atoms with Crippen molar-refractivity contribution < 1.29 is 17.9 Å². The minimum absolute atomic E-state index is 0.0334. The van der Waals surface area contributed by atoms with Gasteiger partial charge in [-0.15, -0.1) is 0 Å². The molecule has 2 rings (SSSR count). The minimum atomic E-state index is -4.35. The fourth-order valence-electron chi connectivity index (χ4n) is 2.31. The molecule has 0 atom stereocenters. The third-order valence-corrected chi connectivity index (χ3v) is 3.23. The van der Waals surface area contributed by atoms with E-state index in [0.717, 1.165) is 25.1 Å². The summed E-state index contributed by atoms with van der Waals surface area (Å²) in [6.07, 6.45) is 2.39. The van der Waals surface area contributed by atoms with Gasteiger partial charge in [0.2, 0.25) is 5.88 Å². The van der Waals surface area contributed by atoms with Gasteiger partial charge in [-0.25, -0.2) is 9.99 Å². The number of pyridine rings is 1. The van der Waals surface area contributed by atoms with Crippen LogP contribution in [0, 0.1) is 6.92 Å². The van der Waals surface area contributed by atoms with E-state index < -0.39 is 12.8 Å². The first-order valence-corrected chi connectivity index (χ1v) is 7.22. The largest absolute Gasteiger partial charge is 0.468 e. The number of rotatable bonds is 6. The SMILES string of the molecule is CCCN1C=CCN1Cc1cnc(OCC(F)(F)F)c(C)c1. The van der Waals surface area contributed by atoms with E-state index >= 15 is 0 Å². The molecule has 7 heteroatoms. The number of hydrazine groups is 1. The molecule has 1 aliphatic heterocycles. The highest BCUT2D eigenvalue weighted by molar-refractivity contribution is 5.28. The third-order valence-electron chi connectivity index (χ3n) is 3.23. The van der Waals surface area contributed by atoms with Gasteiger partial charge in [0.1, 0.15) is 0 Å². The van der Waals surface area contributed by atoms with Crippen LogP contribution in [0.25, 0.3) is 0 Å². The maximum absolute atomic E-state index is 12.2. The van der Waals surface area contributed by atoms with Gasteiger partial charge in [-0.3, -0.25) is 0 Å². The summed E-state index contributed by atoms with van der Waals surface area (Å²) in [5, 5.41) is 4.31. The molecule has 2 heterocycles. The Hall–Kier alpha value is -1.76. The molecule has 0 saturated carbocycles. The van der Waals surface area contributed by atoms with Crippen molar-refractivity contribution in [3.63, 3.8) is 0 Å². The molecule has 0 aliphatic carbocycles. The first-order valence-electron chi connectivity index (χ1n) is 7.22. The smallest absolute Gasteiger partial charge is 0.422 e. The van der Waals surface area contributed by atoms with Crippen LogP contribution in [0.2, 0.25) is 0 Å². The predicted molar refractivity (Wildman–Crippen MR) is 77.1 cm³/mol. The molecule has 1 aromatic heterocycles. The van der Waals surface area contributed by atoms with Crippen molar-refractivity contribution in [1.82, 2.24) is 15.0 Å².